The molecule has 0 bridgehead atoms. The maximum atomic E-state index is 13.9. The second-order valence-electron chi connectivity index (χ2n) is 10.4. The highest BCUT2D eigenvalue weighted by atomic mass is 16.2. The molecule has 1 heterocycles. The molecular formula is C31H34N4O4. The van der Waals surface area contributed by atoms with Gasteiger partial charge in [0.1, 0.15) is 12.6 Å². The van der Waals surface area contributed by atoms with Crippen molar-refractivity contribution in [2.45, 2.75) is 33.4 Å². The number of fused-ring (bicyclic) bond motifs is 1. The lowest BCUT2D eigenvalue weighted by atomic mass is 9.99. The molecule has 3 aromatic carbocycles. The molecule has 0 aromatic heterocycles. The van der Waals surface area contributed by atoms with Gasteiger partial charge in [-0.3, -0.25) is 24.1 Å². The van der Waals surface area contributed by atoms with Crippen molar-refractivity contribution in [2.75, 3.05) is 35.8 Å². The van der Waals surface area contributed by atoms with Crippen LogP contribution in [0, 0.1) is 12.8 Å². The number of carbonyl (C=O) groups is 4. The van der Waals surface area contributed by atoms with Crippen molar-refractivity contribution < 1.29 is 19.2 Å². The van der Waals surface area contributed by atoms with Gasteiger partial charge >= 0.3 is 0 Å². The Morgan fingerprint density at radius 2 is 1.54 bits per heavy atom. The first-order chi connectivity index (χ1) is 18.6. The average Bonchev–Trinajstić information content (AvgIpc) is 3.14. The van der Waals surface area contributed by atoms with Crippen LogP contribution in [-0.2, 0) is 20.9 Å². The Morgan fingerprint density at radius 1 is 0.897 bits per heavy atom. The van der Waals surface area contributed by atoms with Gasteiger partial charge in [0.15, 0.2) is 0 Å². The highest BCUT2D eigenvalue weighted by Gasteiger charge is 2.39. The van der Waals surface area contributed by atoms with Crippen molar-refractivity contribution in [1.29, 1.82) is 0 Å². The van der Waals surface area contributed by atoms with Crippen molar-refractivity contribution in [3.63, 3.8) is 0 Å². The van der Waals surface area contributed by atoms with Crippen LogP contribution in [0.15, 0.2) is 72.8 Å². The predicted octanol–water partition coefficient (Wildman–Crippen LogP) is 4.28. The number of ketones is 1. The number of nitrogens with one attached hydrogen (secondary N) is 1. The van der Waals surface area contributed by atoms with E-state index in [1.54, 1.807) is 24.3 Å². The number of Topliss-reactive ketones (excluding diaryl/α,β-unsaturated/α-hetero) is 1. The number of hydrogen-bond acceptors (Lipinski definition) is 5. The summed E-state index contributed by atoms with van der Waals surface area (Å²) in [4.78, 5) is 57.5. The zero-order valence-electron chi connectivity index (χ0n) is 23.0. The largest absolute Gasteiger partial charge is 0.378 e. The van der Waals surface area contributed by atoms with Gasteiger partial charge < -0.3 is 15.1 Å². The van der Waals surface area contributed by atoms with Crippen LogP contribution in [0.1, 0.15) is 35.3 Å². The molecule has 0 fully saturated rings. The van der Waals surface area contributed by atoms with Gasteiger partial charge in [-0.15, -0.1) is 0 Å². The van der Waals surface area contributed by atoms with Crippen LogP contribution in [-0.4, -0.2) is 55.1 Å². The van der Waals surface area contributed by atoms with Crippen molar-refractivity contribution in [1.82, 2.24) is 4.90 Å². The van der Waals surface area contributed by atoms with E-state index in [2.05, 4.69) is 5.32 Å². The Balaban J connectivity index is 1.64. The number of aryl methyl sites for hydroxylation is 1. The fraction of sp³-hybridized carbons (Fsp3) is 0.290. The van der Waals surface area contributed by atoms with Crippen molar-refractivity contribution >= 4 is 40.6 Å². The molecule has 0 saturated carbocycles. The average molecular weight is 527 g/mol. The lowest BCUT2D eigenvalue weighted by molar-refractivity contribution is -0.140. The highest BCUT2D eigenvalue weighted by molar-refractivity contribution is 6.52. The van der Waals surface area contributed by atoms with Crippen LogP contribution >= 0.6 is 0 Å². The van der Waals surface area contributed by atoms with Crippen LogP contribution in [0.4, 0.5) is 17.1 Å². The number of nitrogens with zero attached hydrogens (tertiary/aromatic N) is 3. The van der Waals surface area contributed by atoms with Crippen LogP contribution < -0.4 is 15.1 Å². The zero-order chi connectivity index (χ0) is 28.3. The normalized spacial score (nSPS) is 13.3. The molecule has 0 radical (unpaired) electrons. The van der Waals surface area contributed by atoms with Crippen molar-refractivity contribution in [3.05, 3.63) is 89.5 Å². The van der Waals surface area contributed by atoms with Crippen LogP contribution in [0.5, 0.6) is 0 Å². The summed E-state index contributed by atoms with van der Waals surface area (Å²) in [7, 11) is 3.88. The molecule has 0 saturated heterocycles. The summed E-state index contributed by atoms with van der Waals surface area (Å²) >= 11 is 0. The smallest absolute Gasteiger partial charge is 0.299 e. The molecule has 202 valence electrons. The first kappa shape index (κ1) is 27.6. The third-order valence-electron chi connectivity index (χ3n) is 6.85. The lowest BCUT2D eigenvalue weighted by Crippen LogP contribution is -2.53. The Morgan fingerprint density at radius 3 is 2.15 bits per heavy atom. The number of hydrogen-bond donors (Lipinski definition) is 1. The third kappa shape index (κ3) is 6.00. The van der Waals surface area contributed by atoms with Crippen LogP contribution in [0.2, 0.25) is 0 Å². The SMILES string of the molecule is Cc1ccc(CN(C(=O)CN2C(=O)C(=O)c3ccccc32)C(C(=O)Nc2ccc(N(C)C)cc2)C(C)C)cc1. The molecule has 39 heavy (non-hydrogen) atoms. The van der Waals surface area contributed by atoms with Crippen LogP contribution in [0.25, 0.3) is 0 Å². The molecule has 1 N–H and O–H groups in total. The van der Waals surface area contributed by atoms with Gasteiger partial charge in [0, 0.05) is 32.0 Å². The molecular weight excluding hydrogens is 492 g/mol. The molecule has 3 amide bonds. The van der Waals surface area contributed by atoms with E-state index in [1.807, 2.05) is 88.3 Å². The quantitative estimate of drug-likeness (QED) is 0.421. The Bertz CT molecular complexity index is 1380. The number of carbonyl (C=O) groups excluding carboxylic acids is 4. The van der Waals surface area contributed by atoms with Gasteiger partial charge in [-0.1, -0.05) is 55.8 Å². The molecule has 3 aromatic rings. The maximum Gasteiger partial charge on any atom is 0.299 e. The van der Waals surface area contributed by atoms with E-state index < -0.39 is 23.6 Å². The van der Waals surface area contributed by atoms with Gasteiger partial charge in [-0.2, -0.15) is 0 Å². The van der Waals surface area contributed by atoms with E-state index >= 15 is 0 Å². The molecule has 1 unspecified atom stereocenters. The van der Waals surface area contributed by atoms with E-state index in [9.17, 15) is 19.2 Å². The van der Waals surface area contributed by atoms with Crippen molar-refractivity contribution in [2.24, 2.45) is 5.92 Å². The fourth-order valence-corrected chi connectivity index (χ4v) is 4.73. The fourth-order valence-electron chi connectivity index (χ4n) is 4.73. The molecule has 0 spiro atoms. The number of para-hydroxylation sites is 1. The summed E-state index contributed by atoms with van der Waals surface area (Å²) in [6.07, 6.45) is 0. The Kier molecular flexibility index (Phi) is 8.14. The van der Waals surface area contributed by atoms with E-state index in [1.165, 1.54) is 9.80 Å². The molecule has 8 heteroatoms. The number of benzene rings is 3. The molecule has 0 aliphatic carbocycles. The molecule has 4 rings (SSSR count). The topological polar surface area (TPSA) is 90.0 Å². The van der Waals surface area contributed by atoms with Gasteiger partial charge in [0.25, 0.3) is 11.7 Å². The Hall–Kier alpha value is -4.46. The van der Waals surface area contributed by atoms with E-state index in [0.29, 0.717) is 11.4 Å². The van der Waals surface area contributed by atoms with Gasteiger partial charge in [0.2, 0.25) is 11.8 Å². The van der Waals surface area contributed by atoms with Gasteiger partial charge in [-0.05, 0) is 54.8 Å². The monoisotopic (exact) mass is 526 g/mol. The van der Waals surface area contributed by atoms with Crippen LogP contribution in [0.3, 0.4) is 0 Å². The summed E-state index contributed by atoms with van der Waals surface area (Å²) in [6.45, 7) is 5.57. The summed E-state index contributed by atoms with van der Waals surface area (Å²) < 4.78 is 0. The minimum Gasteiger partial charge on any atom is -0.378 e. The summed E-state index contributed by atoms with van der Waals surface area (Å²) in [5, 5.41) is 2.96. The molecule has 8 nitrogen and oxygen atoms in total. The third-order valence-corrected chi connectivity index (χ3v) is 6.85. The number of rotatable bonds is 9. The predicted molar refractivity (Wildman–Crippen MR) is 153 cm³/mol. The number of amides is 3. The zero-order valence-corrected chi connectivity index (χ0v) is 23.0. The van der Waals surface area contributed by atoms with E-state index in [-0.39, 0.29) is 30.5 Å². The first-order valence-corrected chi connectivity index (χ1v) is 12.9. The van der Waals surface area contributed by atoms with E-state index in [4.69, 9.17) is 0 Å². The Labute approximate surface area is 229 Å². The summed E-state index contributed by atoms with van der Waals surface area (Å²) in [5.74, 6) is -2.37. The molecule has 1 aliphatic rings. The van der Waals surface area contributed by atoms with Crippen molar-refractivity contribution in [3.8, 4) is 0 Å². The highest BCUT2D eigenvalue weighted by Crippen LogP contribution is 2.29. The lowest BCUT2D eigenvalue weighted by Gasteiger charge is -2.34. The van der Waals surface area contributed by atoms with E-state index in [0.717, 1.165) is 16.8 Å². The maximum absolute atomic E-state index is 13.9. The second-order valence-corrected chi connectivity index (χ2v) is 10.4. The standard InChI is InChI=1S/C31H34N4O4/c1-20(2)28(30(38)32-23-14-16-24(17-15-23)33(4)5)35(18-22-12-10-21(3)11-13-22)27(36)19-34-26-9-7-6-8-25(26)29(37)31(34)39/h6-17,20,28H,18-19H2,1-5H3,(H,32,38). The molecule has 1 atom stereocenters. The van der Waals surface area contributed by atoms with Gasteiger partial charge in [0.05, 0.1) is 11.3 Å². The van der Waals surface area contributed by atoms with Gasteiger partial charge in [-0.25, -0.2) is 0 Å². The second kappa shape index (κ2) is 11.5. The first-order valence-electron chi connectivity index (χ1n) is 12.9. The minimum absolute atomic E-state index is 0.173. The summed E-state index contributed by atoms with van der Waals surface area (Å²) in [6, 6.07) is 21.0. The summed E-state index contributed by atoms with van der Waals surface area (Å²) in [5.41, 5.74) is 4.23. The number of anilines is 3. The molecule has 1 aliphatic heterocycles. The minimum atomic E-state index is -0.823.